The van der Waals surface area contributed by atoms with Crippen molar-refractivity contribution in [2.75, 3.05) is 25.5 Å². The van der Waals surface area contributed by atoms with Crippen LogP contribution in [0, 0.1) is 5.92 Å². The lowest BCUT2D eigenvalue weighted by Crippen LogP contribution is -2.25. The predicted octanol–water partition coefficient (Wildman–Crippen LogP) is 2.13. The van der Waals surface area contributed by atoms with E-state index in [9.17, 15) is 4.79 Å². The van der Waals surface area contributed by atoms with Crippen LogP contribution in [0.2, 0.25) is 0 Å². The summed E-state index contributed by atoms with van der Waals surface area (Å²) in [6.07, 6.45) is 4.69. The van der Waals surface area contributed by atoms with Gasteiger partial charge in [-0.1, -0.05) is 18.2 Å². The Kier molecular flexibility index (Phi) is 5.87. The first-order valence-corrected chi connectivity index (χ1v) is 7.43. The highest BCUT2D eigenvalue weighted by molar-refractivity contribution is 5.76. The van der Waals surface area contributed by atoms with Crippen molar-refractivity contribution >= 4 is 11.6 Å². The number of nitrogens with two attached hydrogens (primary N) is 1. The largest absolute Gasteiger partial charge is 0.399 e. The van der Waals surface area contributed by atoms with Crippen molar-refractivity contribution in [3.05, 3.63) is 29.8 Å². The predicted molar refractivity (Wildman–Crippen MR) is 80.3 cm³/mol. The summed E-state index contributed by atoms with van der Waals surface area (Å²) in [6.45, 7) is 2.32. The first-order chi connectivity index (χ1) is 9.75. The summed E-state index contributed by atoms with van der Waals surface area (Å²) in [5.74, 6) is 0.886. The van der Waals surface area contributed by atoms with Gasteiger partial charge < -0.3 is 15.8 Å². The molecule has 1 aromatic carbocycles. The van der Waals surface area contributed by atoms with Gasteiger partial charge in [-0.15, -0.1) is 0 Å². The quantitative estimate of drug-likeness (QED) is 0.536. The number of ether oxygens (including phenoxy) is 1. The lowest BCUT2D eigenvalue weighted by molar-refractivity contribution is -0.121. The Morgan fingerprint density at radius 2 is 2.15 bits per heavy atom. The summed E-state index contributed by atoms with van der Waals surface area (Å²) >= 11 is 0. The molecule has 0 heterocycles. The Morgan fingerprint density at radius 1 is 1.35 bits per heavy atom. The molecule has 4 nitrogen and oxygen atoms in total. The summed E-state index contributed by atoms with van der Waals surface area (Å²) in [5, 5.41) is 2.92. The van der Waals surface area contributed by atoms with Gasteiger partial charge in [0.1, 0.15) is 0 Å². The lowest BCUT2D eigenvalue weighted by Gasteiger charge is -2.07. The van der Waals surface area contributed by atoms with Crippen LogP contribution in [-0.2, 0) is 16.0 Å². The molecule has 1 aliphatic rings. The molecule has 20 heavy (non-hydrogen) atoms. The van der Waals surface area contributed by atoms with E-state index in [-0.39, 0.29) is 5.91 Å². The van der Waals surface area contributed by atoms with Gasteiger partial charge in [0.2, 0.25) is 5.91 Å². The Hall–Kier alpha value is -1.55. The number of nitrogens with one attached hydrogen (secondary N) is 1. The number of aryl methyl sites for hydroxylation is 1. The number of hydrogen-bond donors (Lipinski definition) is 2. The molecule has 1 saturated carbocycles. The molecule has 0 aliphatic heterocycles. The van der Waals surface area contributed by atoms with Crippen LogP contribution >= 0.6 is 0 Å². The number of para-hydroxylation sites is 1. The van der Waals surface area contributed by atoms with Crippen molar-refractivity contribution < 1.29 is 9.53 Å². The van der Waals surface area contributed by atoms with E-state index in [1.165, 1.54) is 12.8 Å². The zero-order chi connectivity index (χ0) is 14.2. The van der Waals surface area contributed by atoms with E-state index in [2.05, 4.69) is 5.32 Å². The highest BCUT2D eigenvalue weighted by atomic mass is 16.5. The van der Waals surface area contributed by atoms with E-state index in [1.54, 1.807) is 0 Å². The smallest absolute Gasteiger partial charge is 0.220 e. The maximum absolute atomic E-state index is 11.7. The minimum absolute atomic E-state index is 0.0791. The Morgan fingerprint density at radius 3 is 2.90 bits per heavy atom. The Bertz CT molecular complexity index is 430. The van der Waals surface area contributed by atoms with Gasteiger partial charge in [0.15, 0.2) is 0 Å². The normalized spacial score (nSPS) is 14.2. The van der Waals surface area contributed by atoms with Gasteiger partial charge in [-0.3, -0.25) is 4.79 Å². The molecule has 1 aromatic rings. The zero-order valence-corrected chi connectivity index (χ0v) is 11.9. The number of carbonyl (C=O) groups is 1. The van der Waals surface area contributed by atoms with Gasteiger partial charge >= 0.3 is 0 Å². The second-order valence-electron chi connectivity index (χ2n) is 5.42. The van der Waals surface area contributed by atoms with Crippen LogP contribution in [0.25, 0.3) is 0 Å². The molecule has 0 saturated heterocycles. The molecule has 1 fully saturated rings. The fraction of sp³-hybridized carbons (Fsp3) is 0.562. The van der Waals surface area contributed by atoms with Crippen LogP contribution in [0.15, 0.2) is 24.3 Å². The fourth-order valence-corrected chi connectivity index (χ4v) is 2.04. The van der Waals surface area contributed by atoms with Crippen molar-refractivity contribution in [1.82, 2.24) is 5.32 Å². The number of hydrogen-bond acceptors (Lipinski definition) is 3. The number of carbonyl (C=O) groups excluding carboxylic acids is 1. The van der Waals surface area contributed by atoms with Crippen LogP contribution in [0.1, 0.15) is 31.2 Å². The van der Waals surface area contributed by atoms with Crippen molar-refractivity contribution in [2.24, 2.45) is 5.92 Å². The Labute approximate surface area is 120 Å². The maximum atomic E-state index is 11.7. The molecule has 0 unspecified atom stereocenters. The van der Waals surface area contributed by atoms with Crippen molar-refractivity contribution in [3.8, 4) is 0 Å². The fourth-order valence-electron chi connectivity index (χ4n) is 2.04. The number of anilines is 1. The summed E-state index contributed by atoms with van der Waals surface area (Å²) in [5.41, 5.74) is 7.64. The molecule has 0 radical (unpaired) electrons. The molecule has 3 N–H and O–H groups in total. The first kappa shape index (κ1) is 14.9. The van der Waals surface area contributed by atoms with Crippen LogP contribution in [-0.4, -0.2) is 25.7 Å². The van der Waals surface area contributed by atoms with Gasteiger partial charge in [0, 0.05) is 31.9 Å². The maximum Gasteiger partial charge on any atom is 0.220 e. The number of nitrogen functional groups attached to an aromatic ring is 1. The lowest BCUT2D eigenvalue weighted by atomic mass is 10.1. The van der Waals surface area contributed by atoms with E-state index in [1.807, 2.05) is 24.3 Å². The molecule has 0 bridgehead atoms. The molecule has 0 aromatic heterocycles. The van der Waals surface area contributed by atoms with Crippen molar-refractivity contribution in [2.45, 2.75) is 32.1 Å². The summed E-state index contributed by atoms with van der Waals surface area (Å²) in [7, 11) is 0. The van der Waals surface area contributed by atoms with E-state index >= 15 is 0 Å². The SMILES string of the molecule is Nc1ccccc1CCC(=O)NCCCOCC1CC1. The second-order valence-corrected chi connectivity index (χ2v) is 5.42. The average Bonchev–Trinajstić information content (AvgIpc) is 3.26. The molecule has 1 amide bonds. The topological polar surface area (TPSA) is 64.4 Å². The molecular formula is C16H24N2O2. The third kappa shape index (κ3) is 5.61. The van der Waals surface area contributed by atoms with E-state index in [4.69, 9.17) is 10.5 Å². The highest BCUT2D eigenvalue weighted by Crippen LogP contribution is 2.28. The van der Waals surface area contributed by atoms with Crippen LogP contribution in [0.5, 0.6) is 0 Å². The summed E-state index contributed by atoms with van der Waals surface area (Å²) in [4.78, 5) is 11.7. The third-order valence-corrected chi connectivity index (χ3v) is 3.51. The Balaban J connectivity index is 1.50. The van der Waals surface area contributed by atoms with Gasteiger partial charge in [-0.2, -0.15) is 0 Å². The second kappa shape index (κ2) is 7.90. The van der Waals surface area contributed by atoms with E-state index in [0.29, 0.717) is 19.4 Å². The number of benzene rings is 1. The zero-order valence-electron chi connectivity index (χ0n) is 11.9. The summed E-state index contributed by atoms with van der Waals surface area (Å²) in [6, 6.07) is 7.68. The van der Waals surface area contributed by atoms with Crippen LogP contribution in [0.3, 0.4) is 0 Å². The third-order valence-electron chi connectivity index (χ3n) is 3.51. The molecule has 4 heteroatoms. The van der Waals surface area contributed by atoms with Gasteiger partial charge in [0.25, 0.3) is 0 Å². The minimum atomic E-state index is 0.0791. The molecule has 1 aliphatic carbocycles. The van der Waals surface area contributed by atoms with Crippen molar-refractivity contribution in [1.29, 1.82) is 0 Å². The minimum Gasteiger partial charge on any atom is -0.399 e. The van der Waals surface area contributed by atoms with Gasteiger partial charge in [-0.25, -0.2) is 0 Å². The first-order valence-electron chi connectivity index (χ1n) is 7.43. The summed E-state index contributed by atoms with van der Waals surface area (Å²) < 4.78 is 5.52. The standard InChI is InChI=1S/C16H24N2O2/c17-15-5-2-1-4-14(15)8-9-16(19)18-10-3-11-20-12-13-6-7-13/h1-2,4-5,13H,3,6-12,17H2,(H,18,19). The van der Waals surface area contributed by atoms with Gasteiger partial charge in [-0.05, 0) is 43.2 Å². The van der Waals surface area contributed by atoms with E-state index in [0.717, 1.165) is 36.8 Å². The monoisotopic (exact) mass is 276 g/mol. The molecule has 0 atom stereocenters. The van der Waals surface area contributed by atoms with Crippen LogP contribution < -0.4 is 11.1 Å². The molecule has 110 valence electrons. The van der Waals surface area contributed by atoms with Crippen LogP contribution in [0.4, 0.5) is 5.69 Å². The average molecular weight is 276 g/mol. The molecular weight excluding hydrogens is 252 g/mol. The highest BCUT2D eigenvalue weighted by Gasteiger charge is 2.20. The number of rotatable bonds is 9. The molecule has 0 spiro atoms. The van der Waals surface area contributed by atoms with Gasteiger partial charge in [0.05, 0.1) is 0 Å². The van der Waals surface area contributed by atoms with Crippen molar-refractivity contribution in [3.63, 3.8) is 0 Å². The molecule has 2 rings (SSSR count). The number of amides is 1. The van der Waals surface area contributed by atoms with E-state index < -0.39 is 0 Å².